The third-order valence-corrected chi connectivity index (χ3v) is 4.62. The van der Waals surface area contributed by atoms with Crippen LogP contribution in [0.4, 0.5) is 21.0 Å². The highest BCUT2D eigenvalue weighted by atomic mass is 16.5. The van der Waals surface area contributed by atoms with Crippen LogP contribution in [0.5, 0.6) is 0 Å². The van der Waals surface area contributed by atoms with Crippen LogP contribution in [-0.2, 0) is 4.74 Å². The van der Waals surface area contributed by atoms with Crippen molar-refractivity contribution in [2.75, 3.05) is 23.8 Å². The highest BCUT2D eigenvalue weighted by Crippen LogP contribution is 2.21. The molecule has 2 N–H and O–H groups in total. The summed E-state index contributed by atoms with van der Waals surface area (Å²) in [6.07, 6.45) is 3.15. The highest BCUT2D eigenvalue weighted by molar-refractivity contribution is 5.89. The van der Waals surface area contributed by atoms with E-state index in [0.29, 0.717) is 12.1 Å². The molecule has 1 saturated heterocycles. The van der Waals surface area contributed by atoms with Crippen molar-refractivity contribution in [1.82, 2.24) is 4.90 Å². The molecule has 0 bridgehead atoms. The van der Waals surface area contributed by atoms with Crippen molar-refractivity contribution in [3.05, 3.63) is 60.7 Å². The summed E-state index contributed by atoms with van der Waals surface area (Å²) in [5.74, 6) is 0. The molecule has 0 saturated carbocycles. The zero-order valence-electron chi connectivity index (χ0n) is 15.3. The SMILES string of the molecule is O=C(Nc1ccccc1)OCC[C@H]1CCCCN1C(=O)Nc1ccccc1. The summed E-state index contributed by atoms with van der Waals surface area (Å²) < 4.78 is 5.29. The van der Waals surface area contributed by atoms with Crippen LogP contribution < -0.4 is 10.6 Å². The maximum absolute atomic E-state index is 12.6. The first-order valence-corrected chi connectivity index (χ1v) is 9.34. The summed E-state index contributed by atoms with van der Waals surface area (Å²) in [7, 11) is 0. The third kappa shape index (κ3) is 5.74. The number of likely N-dealkylation sites (tertiary alicyclic amines) is 1. The fourth-order valence-corrected chi connectivity index (χ4v) is 3.25. The van der Waals surface area contributed by atoms with Crippen LogP contribution in [-0.4, -0.2) is 36.2 Å². The summed E-state index contributed by atoms with van der Waals surface area (Å²) in [5.41, 5.74) is 1.48. The monoisotopic (exact) mass is 367 g/mol. The quantitative estimate of drug-likeness (QED) is 0.804. The average Bonchev–Trinajstić information content (AvgIpc) is 2.70. The molecule has 3 amide bonds. The molecule has 142 valence electrons. The van der Waals surface area contributed by atoms with Gasteiger partial charge in [0, 0.05) is 30.4 Å². The van der Waals surface area contributed by atoms with E-state index in [-0.39, 0.29) is 18.7 Å². The zero-order chi connectivity index (χ0) is 18.9. The highest BCUT2D eigenvalue weighted by Gasteiger charge is 2.26. The smallest absolute Gasteiger partial charge is 0.411 e. The molecule has 0 radical (unpaired) electrons. The molecule has 2 aromatic carbocycles. The van der Waals surface area contributed by atoms with Crippen LogP contribution in [0.2, 0.25) is 0 Å². The Labute approximate surface area is 159 Å². The van der Waals surface area contributed by atoms with Crippen LogP contribution in [0.15, 0.2) is 60.7 Å². The molecule has 0 aromatic heterocycles. The van der Waals surface area contributed by atoms with Gasteiger partial charge in [-0.2, -0.15) is 0 Å². The molecule has 0 spiro atoms. The van der Waals surface area contributed by atoms with Gasteiger partial charge in [-0.15, -0.1) is 0 Å². The molecule has 27 heavy (non-hydrogen) atoms. The van der Waals surface area contributed by atoms with Crippen molar-refractivity contribution in [2.24, 2.45) is 0 Å². The van der Waals surface area contributed by atoms with Gasteiger partial charge in [0.2, 0.25) is 0 Å². The molecular formula is C21H25N3O3. The molecule has 6 nitrogen and oxygen atoms in total. The summed E-state index contributed by atoms with van der Waals surface area (Å²) in [4.78, 5) is 26.4. The number of nitrogens with one attached hydrogen (secondary N) is 2. The number of carbonyl (C=O) groups is 2. The number of hydrogen-bond acceptors (Lipinski definition) is 3. The predicted molar refractivity (Wildman–Crippen MR) is 106 cm³/mol. The lowest BCUT2D eigenvalue weighted by molar-refractivity contribution is 0.123. The fourth-order valence-electron chi connectivity index (χ4n) is 3.25. The van der Waals surface area contributed by atoms with E-state index in [1.54, 1.807) is 12.1 Å². The van der Waals surface area contributed by atoms with E-state index in [0.717, 1.165) is 31.5 Å². The Balaban J connectivity index is 1.47. The number of amides is 3. The van der Waals surface area contributed by atoms with Crippen LogP contribution in [0.3, 0.4) is 0 Å². The molecule has 2 aromatic rings. The van der Waals surface area contributed by atoms with Gasteiger partial charge >= 0.3 is 12.1 Å². The van der Waals surface area contributed by atoms with E-state index in [1.165, 1.54) is 0 Å². The molecule has 1 aliphatic heterocycles. The molecular weight excluding hydrogens is 342 g/mol. The van der Waals surface area contributed by atoms with E-state index < -0.39 is 6.09 Å². The lowest BCUT2D eigenvalue weighted by Crippen LogP contribution is -2.46. The maximum atomic E-state index is 12.6. The van der Waals surface area contributed by atoms with Gasteiger partial charge in [-0.05, 0) is 43.5 Å². The van der Waals surface area contributed by atoms with Gasteiger partial charge < -0.3 is 15.0 Å². The zero-order valence-corrected chi connectivity index (χ0v) is 15.3. The first kappa shape index (κ1) is 18.8. The maximum Gasteiger partial charge on any atom is 0.411 e. The Morgan fingerprint density at radius 3 is 2.22 bits per heavy atom. The van der Waals surface area contributed by atoms with E-state index in [9.17, 15) is 9.59 Å². The van der Waals surface area contributed by atoms with Crippen LogP contribution in [0.25, 0.3) is 0 Å². The Bertz CT molecular complexity index is 737. The van der Waals surface area contributed by atoms with Gasteiger partial charge in [-0.1, -0.05) is 36.4 Å². The Hall–Kier alpha value is -3.02. The molecule has 3 rings (SSSR count). The normalized spacial score (nSPS) is 16.4. The molecule has 1 aliphatic rings. The second kappa shape index (κ2) is 9.62. The van der Waals surface area contributed by atoms with E-state index in [1.807, 2.05) is 53.4 Å². The first-order chi connectivity index (χ1) is 13.2. The molecule has 0 aliphatic carbocycles. The van der Waals surface area contributed by atoms with E-state index in [2.05, 4.69) is 10.6 Å². The summed E-state index contributed by atoms with van der Waals surface area (Å²) in [6.45, 7) is 0.998. The number of urea groups is 1. The Morgan fingerprint density at radius 2 is 1.56 bits per heavy atom. The van der Waals surface area contributed by atoms with Crippen LogP contribution >= 0.6 is 0 Å². The minimum Gasteiger partial charge on any atom is -0.449 e. The topological polar surface area (TPSA) is 70.7 Å². The van der Waals surface area contributed by atoms with Gasteiger partial charge in [0.25, 0.3) is 0 Å². The predicted octanol–water partition coefficient (Wildman–Crippen LogP) is 4.71. The number of nitrogens with zero attached hydrogens (tertiary/aromatic N) is 1. The Kier molecular flexibility index (Phi) is 6.68. The van der Waals surface area contributed by atoms with Crippen molar-refractivity contribution in [2.45, 2.75) is 31.7 Å². The second-order valence-electron chi connectivity index (χ2n) is 6.55. The summed E-state index contributed by atoms with van der Waals surface area (Å²) in [5, 5.41) is 5.63. The standard InChI is InChI=1S/C21H25N3O3/c25-20(22-17-9-3-1-4-10-17)24-15-8-7-13-19(24)14-16-27-21(26)23-18-11-5-2-6-12-18/h1-6,9-12,19H,7-8,13-16H2,(H,22,25)(H,23,26)/t19-/m1/s1. The summed E-state index contributed by atoms with van der Waals surface area (Å²) in [6, 6.07) is 18.6. The molecule has 0 unspecified atom stereocenters. The van der Waals surface area contributed by atoms with Crippen molar-refractivity contribution >= 4 is 23.5 Å². The number of hydrogen-bond donors (Lipinski definition) is 2. The number of ether oxygens (including phenoxy) is 1. The fraction of sp³-hybridized carbons (Fsp3) is 0.333. The Morgan fingerprint density at radius 1 is 0.926 bits per heavy atom. The molecule has 1 heterocycles. The number of benzene rings is 2. The van der Waals surface area contributed by atoms with E-state index >= 15 is 0 Å². The van der Waals surface area contributed by atoms with Gasteiger partial charge in [0.05, 0.1) is 6.61 Å². The minimum absolute atomic E-state index is 0.0759. The summed E-state index contributed by atoms with van der Waals surface area (Å²) >= 11 is 0. The largest absolute Gasteiger partial charge is 0.449 e. The number of rotatable bonds is 5. The lowest BCUT2D eigenvalue weighted by Gasteiger charge is -2.35. The van der Waals surface area contributed by atoms with Crippen LogP contribution in [0.1, 0.15) is 25.7 Å². The minimum atomic E-state index is -0.475. The molecule has 1 fully saturated rings. The van der Waals surface area contributed by atoms with Gasteiger partial charge in [0.1, 0.15) is 0 Å². The van der Waals surface area contributed by atoms with Crippen molar-refractivity contribution in [1.29, 1.82) is 0 Å². The first-order valence-electron chi connectivity index (χ1n) is 9.34. The molecule has 1 atom stereocenters. The van der Waals surface area contributed by atoms with Gasteiger partial charge in [-0.3, -0.25) is 5.32 Å². The van der Waals surface area contributed by atoms with Crippen molar-refractivity contribution in [3.63, 3.8) is 0 Å². The number of carbonyl (C=O) groups excluding carboxylic acids is 2. The van der Waals surface area contributed by atoms with Crippen LogP contribution in [0, 0.1) is 0 Å². The second-order valence-corrected chi connectivity index (χ2v) is 6.55. The number of para-hydroxylation sites is 2. The van der Waals surface area contributed by atoms with Crippen molar-refractivity contribution < 1.29 is 14.3 Å². The number of anilines is 2. The van der Waals surface area contributed by atoms with E-state index in [4.69, 9.17) is 4.74 Å². The lowest BCUT2D eigenvalue weighted by atomic mass is 10.00. The number of piperidine rings is 1. The van der Waals surface area contributed by atoms with Gasteiger partial charge in [0.15, 0.2) is 0 Å². The average molecular weight is 367 g/mol. The van der Waals surface area contributed by atoms with Crippen molar-refractivity contribution in [3.8, 4) is 0 Å². The van der Waals surface area contributed by atoms with Gasteiger partial charge in [-0.25, -0.2) is 9.59 Å². The molecule has 6 heteroatoms. The third-order valence-electron chi connectivity index (χ3n) is 4.62.